The molecule has 0 aromatic carbocycles. The maximum absolute atomic E-state index is 11.2. The average molecular weight is 184 g/mol. The van der Waals surface area contributed by atoms with E-state index in [9.17, 15) is 4.79 Å². The maximum atomic E-state index is 11.2. The lowest BCUT2D eigenvalue weighted by Gasteiger charge is -2.10. The quantitative estimate of drug-likeness (QED) is 0.668. The van der Waals surface area contributed by atoms with Crippen molar-refractivity contribution in [1.82, 2.24) is 15.0 Å². The molecule has 1 heterocycles. The van der Waals surface area contributed by atoms with Crippen LogP contribution in [0.5, 0.6) is 0 Å². The minimum absolute atomic E-state index is 0.294. The minimum Gasteiger partial charge on any atom is -0.467 e. The highest BCUT2D eigenvalue weighted by atomic mass is 16.5. The highest BCUT2D eigenvalue weighted by Gasteiger charge is 2.20. The van der Waals surface area contributed by atoms with Gasteiger partial charge in [-0.3, -0.25) is 0 Å². The molecule has 0 aliphatic carbocycles. The van der Waals surface area contributed by atoms with Crippen LogP contribution in [-0.2, 0) is 9.53 Å². The van der Waals surface area contributed by atoms with Gasteiger partial charge in [-0.1, -0.05) is 6.92 Å². The molecular weight excluding hydrogens is 172 g/mol. The maximum Gasteiger partial charge on any atom is 0.332 e. The van der Waals surface area contributed by atoms with E-state index < -0.39 is 6.04 Å². The van der Waals surface area contributed by atoms with Crippen LogP contribution in [0.4, 0.5) is 5.82 Å². The number of esters is 1. The van der Waals surface area contributed by atoms with Crippen molar-refractivity contribution in [3.63, 3.8) is 0 Å². The normalized spacial score (nSPS) is 12.5. The van der Waals surface area contributed by atoms with Crippen molar-refractivity contribution in [2.24, 2.45) is 0 Å². The van der Waals surface area contributed by atoms with E-state index in [1.807, 2.05) is 6.92 Å². The molecule has 0 saturated carbocycles. The monoisotopic (exact) mass is 184 g/mol. The van der Waals surface area contributed by atoms with Crippen LogP contribution < -0.4 is 5.73 Å². The summed E-state index contributed by atoms with van der Waals surface area (Å²) in [4.78, 5) is 12.5. The number of aromatic nitrogens is 3. The van der Waals surface area contributed by atoms with Crippen LogP contribution in [-0.4, -0.2) is 28.1 Å². The number of hydrogen-bond acceptors (Lipinski definition) is 5. The fourth-order valence-corrected chi connectivity index (χ4v) is 0.999. The second-order valence-corrected chi connectivity index (χ2v) is 2.54. The lowest BCUT2D eigenvalue weighted by Crippen LogP contribution is -2.22. The molecule has 1 aromatic heterocycles. The topological polar surface area (TPSA) is 83.0 Å². The number of methoxy groups -OCH3 is 1. The summed E-state index contributed by atoms with van der Waals surface area (Å²) >= 11 is 0. The predicted octanol–water partition coefficient (Wildman–Crippen LogP) is -0.0156. The number of nitrogens with zero attached hydrogens (tertiary/aromatic N) is 3. The third-order valence-electron chi connectivity index (χ3n) is 1.66. The zero-order chi connectivity index (χ0) is 9.84. The molecule has 13 heavy (non-hydrogen) atoms. The number of rotatable bonds is 3. The molecule has 1 rings (SSSR count). The van der Waals surface area contributed by atoms with Gasteiger partial charge in [-0.05, 0) is 6.42 Å². The van der Waals surface area contributed by atoms with Crippen molar-refractivity contribution in [3.05, 3.63) is 6.20 Å². The Morgan fingerprint density at radius 2 is 2.54 bits per heavy atom. The van der Waals surface area contributed by atoms with Crippen molar-refractivity contribution in [1.29, 1.82) is 0 Å². The molecule has 0 fully saturated rings. The highest BCUT2D eigenvalue weighted by molar-refractivity contribution is 5.73. The van der Waals surface area contributed by atoms with Crippen molar-refractivity contribution in [3.8, 4) is 0 Å². The van der Waals surface area contributed by atoms with Crippen molar-refractivity contribution in [2.75, 3.05) is 12.8 Å². The third kappa shape index (κ3) is 1.95. The van der Waals surface area contributed by atoms with E-state index in [4.69, 9.17) is 5.73 Å². The Balaban J connectivity index is 2.84. The summed E-state index contributed by atoms with van der Waals surface area (Å²) in [6, 6.07) is -0.484. The number of nitrogen functional groups attached to an aromatic ring is 1. The van der Waals surface area contributed by atoms with Crippen molar-refractivity contribution in [2.45, 2.75) is 19.4 Å². The minimum atomic E-state index is -0.484. The molecule has 0 aliphatic rings. The fraction of sp³-hybridized carbons (Fsp3) is 0.571. The Kier molecular flexibility index (Phi) is 2.84. The fourth-order valence-electron chi connectivity index (χ4n) is 0.999. The smallest absolute Gasteiger partial charge is 0.332 e. The molecule has 1 aromatic rings. The van der Waals surface area contributed by atoms with E-state index in [1.165, 1.54) is 18.1 Å². The van der Waals surface area contributed by atoms with E-state index in [1.54, 1.807) is 0 Å². The molecule has 2 N–H and O–H groups in total. The number of hydrogen-bond donors (Lipinski definition) is 1. The van der Waals surface area contributed by atoms with Crippen LogP contribution in [0.1, 0.15) is 19.4 Å². The molecule has 72 valence electrons. The molecule has 1 atom stereocenters. The van der Waals surface area contributed by atoms with Crippen LogP contribution in [0.3, 0.4) is 0 Å². The summed E-state index contributed by atoms with van der Waals surface area (Å²) in [6.45, 7) is 1.85. The first-order valence-corrected chi connectivity index (χ1v) is 3.94. The van der Waals surface area contributed by atoms with Gasteiger partial charge in [0.1, 0.15) is 0 Å². The van der Waals surface area contributed by atoms with Crippen LogP contribution in [0.15, 0.2) is 6.20 Å². The first-order chi connectivity index (χ1) is 6.19. The van der Waals surface area contributed by atoms with Gasteiger partial charge in [0.05, 0.1) is 13.3 Å². The van der Waals surface area contributed by atoms with Crippen LogP contribution in [0, 0.1) is 0 Å². The molecular formula is C7H12N4O2. The molecule has 0 amide bonds. The van der Waals surface area contributed by atoms with Crippen LogP contribution >= 0.6 is 0 Å². The van der Waals surface area contributed by atoms with E-state index >= 15 is 0 Å². The SMILES string of the molecule is CCC(C(=O)OC)n1ncc(N)n1. The Morgan fingerprint density at radius 1 is 1.85 bits per heavy atom. The van der Waals surface area contributed by atoms with Crippen molar-refractivity contribution >= 4 is 11.8 Å². The summed E-state index contributed by atoms with van der Waals surface area (Å²) < 4.78 is 4.59. The first kappa shape index (κ1) is 9.50. The van der Waals surface area contributed by atoms with Gasteiger partial charge in [-0.15, -0.1) is 5.10 Å². The van der Waals surface area contributed by atoms with E-state index in [0.717, 1.165) is 0 Å². The summed E-state index contributed by atoms with van der Waals surface area (Å²) in [5.41, 5.74) is 5.37. The first-order valence-electron chi connectivity index (χ1n) is 3.94. The summed E-state index contributed by atoms with van der Waals surface area (Å²) in [7, 11) is 1.33. The summed E-state index contributed by atoms with van der Waals surface area (Å²) in [5.74, 6) is -0.0690. The Labute approximate surface area is 75.7 Å². The second kappa shape index (κ2) is 3.88. The predicted molar refractivity (Wildman–Crippen MR) is 45.8 cm³/mol. The average Bonchev–Trinajstić information content (AvgIpc) is 2.53. The van der Waals surface area contributed by atoms with Gasteiger partial charge in [0.2, 0.25) is 0 Å². The second-order valence-electron chi connectivity index (χ2n) is 2.54. The molecule has 6 heteroatoms. The van der Waals surface area contributed by atoms with Gasteiger partial charge in [0, 0.05) is 0 Å². The number of ether oxygens (including phenoxy) is 1. The van der Waals surface area contributed by atoms with Gasteiger partial charge in [0.25, 0.3) is 0 Å². The lowest BCUT2D eigenvalue weighted by atomic mass is 10.2. The molecule has 0 aliphatic heterocycles. The van der Waals surface area contributed by atoms with E-state index in [0.29, 0.717) is 12.2 Å². The molecule has 0 radical (unpaired) electrons. The van der Waals surface area contributed by atoms with E-state index in [2.05, 4.69) is 14.9 Å². The number of nitrogens with two attached hydrogens (primary N) is 1. The molecule has 0 saturated heterocycles. The van der Waals surface area contributed by atoms with Gasteiger partial charge < -0.3 is 10.5 Å². The standard InChI is InChI=1S/C7H12N4O2/c1-3-5(7(12)13-2)11-9-4-6(8)10-11/h4-5H,3H2,1-2H3,(H2,8,10). The third-order valence-corrected chi connectivity index (χ3v) is 1.66. The van der Waals surface area contributed by atoms with Gasteiger partial charge >= 0.3 is 5.97 Å². The zero-order valence-corrected chi connectivity index (χ0v) is 7.60. The van der Waals surface area contributed by atoms with Gasteiger partial charge in [-0.25, -0.2) is 4.79 Å². The number of carbonyl (C=O) groups excluding carboxylic acids is 1. The number of carbonyl (C=O) groups is 1. The highest BCUT2D eigenvalue weighted by Crippen LogP contribution is 2.10. The summed E-state index contributed by atoms with van der Waals surface area (Å²) in [6.07, 6.45) is 1.96. The van der Waals surface area contributed by atoms with Crippen LogP contribution in [0.2, 0.25) is 0 Å². The summed E-state index contributed by atoms with van der Waals surface area (Å²) in [5, 5.41) is 7.67. The molecule has 0 spiro atoms. The lowest BCUT2D eigenvalue weighted by molar-refractivity contribution is -0.145. The van der Waals surface area contributed by atoms with Crippen molar-refractivity contribution < 1.29 is 9.53 Å². The Bertz CT molecular complexity index is 296. The largest absolute Gasteiger partial charge is 0.467 e. The van der Waals surface area contributed by atoms with E-state index in [-0.39, 0.29) is 5.97 Å². The molecule has 0 bridgehead atoms. The number of anilines is 1. The molecule has 1 unspecified atom stereocenters. The zero-order valence-electron chi connectivity index (χ0n) is 7.60. The van der Waals surface area contributed by atoms with Gasteiger partial charge in [0.15, 0.2) is 11.9 Å². The molecule has 6 nitrogen and oxygen atoms in total. The van der Waals surface area contributed by atoms with Crippen LogP contribution in [0.25, 0.3) is 0 Å². The van der Waals surface area contributed by atoms with Gasteiger partial charge in [-0.2, -0.15) is 9.90 Å². The Hall–Kier alpha value is -1.59. The Morgan fingerprint density at radius 3 is 2.92 bits per heavy atom.